The minimum atomic E-state index is -0.216. The van der Waals surface area contributed by atoms with Crippen LogP contribution in [0, 0.1) is 0 Å². The summed E-state index contributed by atoms with van der Waals surface area (Å²) >= 11 is 0. The summed E-state index contributed by atoms with van der Waals surface area (Å²) < 4.78 is 4.90. The second kappa shape index (κ2) is 6.99. The zero-order valence-electron chi connectivity index (χ0n) is 6.92. The van der Waals surface area contributed by atoms with Crippen molar-refractivity contribution in [3.63, 3.8) is 0 Å². The molecule has 0 bridgehead atoms. The van der Waals surface area contributed by atoms with Gasteiger partial charge in [-0.05, 0) is 12.8 Å². The fraction of sp³-hybridized carbons (Fsp3) is 1.00. The summed E-state index contributed by atoms with van der Waals surface area (Å²) in [6.45, 7) is 4.63. The molecule has 0 aromatic carbocycles. The third-order valence-electron chi connectivity index (χ3n) is 1.06. The van der Waals surface area contributed by atoms with Gasteiger partial charge in [0, 0.05) is 7.11 Å². The topological polar surface area (TPSA) is 27.7 Å². The van der Waals surface area contributed by atoms with Crippen molar-refractivity contribution < 1.29 is 14.5 Å². The summed E-state index contributed by atoms with van der Waals surface area (Å²) in [7, 11) is 1.60. The standard InChI is InChI=1S/C7H16O3/c1-4-6-9-10-7(5-2)8-3/h7H,4-6H2,1-3H3. The Balaban J connectivity index is 3.09. The third kappa shape index (κ3) is 4.73. The Labute approximate surface area is 62.2 Å². The van der Waals surface area contributed by atoms with E-state index in [1.807, 2.05) is 13.8 Å². The van der Waals surface area contributed by atoms with Crippen LogP contribution < -0.4 is 0 Å². The summed E-state index contributed by atoms with van der Waals surface area (Å²) in [5, 5.41) is 0. The molecule has 0 aliphatic carbocycles. The van der Waals surface area contributed by atoms with Crippen LogP contribution >= 0.6 is 0 Å². The number of methoxy groups -OCH3 is 1. The Hall–Kier alpha value is -0.120. The van der Waals surface area contributed by atoms with Gasteiger partial charge in [0.25, 0.3) is 0 Å². The molecule has 62 valence electrons. The third-order valence-corrected chi connectivity index (χ3v) is 1.06. The highest BCUT2D eigenvalue weighted by atomic mass is 17.2. The molecule has 0 amide bonds. The van der Waals surface area contributed by atoms with Crippen molar-refractivity contribution >= 4 is 0 Å². The molecule has 3 nitrogen and oxygen atoms in total. The molecule has 0 radical (unpaired) electrons. The molecule has 0 saturated heterocycles. The highest BCUT2D eigenvalue weighted by Crippen LogP contribution is 1.98. The van der Waals surface area contributed by atoms with Gasteiger partial charge >= 0.3 is 0 Å². The lowest BCUT2D eigenvalue weighted by molar-refractivity contribution is -0.374. The van der Waals surface area contributed by atoms with Crippen LogP contribution in [0.15, 0.2) is 0 Å². The molecule has 0 aliphatic heterocycles. The number of hydrogen-bond acceptors (Lipinski definition) is 3. The molecule has 0 spiro atoms. The van der Waals surface area contributed by atoms with Crippen molar-refractivity contribution in [1.82, 2.24) is 0 Å². The van der Waals surface area contributed by atoms with Gasteiger partial charge in [-0.25, -0.2) is 9.78 Å². The quantitative estimate of drug-likeness (QED) is 0.248. The van der Waals surface area contributed by atoms with E-state index in [4.69, 9.17) is 14.5 Å². The molecule has 0 heterocycles. The molecule has 3 heteroatoms. The molecule has 0 N–H and O–H groups in total. The smallest absolute Gasteiger partial charge is 0.190 e. The van der Waals surface area contributed by atoms with Crippen LogP contribution in [-0.2, 0) is 14.5 Å². The molecule has 0 aromatic rings. The van der Waals surface area contributed by atoms with Gasteiger partial charge < -0.3 is 4.74 Å². The number of ether oxygens (including phenoxy) is 1. The average Bonchev–Trinajstić information content (AvgIpc) is 1.99. The van der Waals surface area contributed by atoms with Crippen molar-refractivity contribution in [2.45, 2.75) is 33.0 Å². The van der Waals surface area contributed by atoms with Crippen molar-refractivity contribution in [2.75, 3.05) is 13.7 Å². The molecule has 10 heavy (non-hydrogen) atoms. The van der Waals surface area contributed by atoms with Gasteiger partial charge in [0.2, 0.25) is 0 Å². The predicted octanol–water partition coefficient (Wildman–Crippen LogP) is 1.73. The minimum absolute atomic E-state index is 0.216. The molecule has 0 rings (SSSR count). The average molecular weight is 148 g/mol. The lowest BCUT2D eigenvalue weighted by Crippen LogP contribution is -2.14. The molecule has 0 saturated carbocycles. The highest BCUT2D eigenvalue weighted by Gasteiger charge is 2.02. The van der Waals surface area contributed by atoms with Crippen LogP contribution in [0.2, 0.25) is 0 Å². The fourth-order valence-electron chi connectivity index (χ4n) is 0.481. The van der Waals surface area contributed by atoms with Crippen molar-refractivity contribution in [3.8, 4) is 0 Å². The van der Waals surface area contributed by atoms with E-state index in [0.717, 1.165) is 12.8 Å². The first-order valence-electron chi connectivity index (χ1n) is 3.66. The first-order valence-corrected chi connectivity index (χ1v) is 3.66. The van der Waals surface area contributed by atoms with Crippen molar-refractivity contribution in [2.24, 2.45) is 0 Å². The molecule has 1 unspecified atom stereocenters. The second-order valence-electron chi connectivity index (χ2n) is 1.99. The van der Waals surface area contributed by atoms with E-state index in [1.54, 1.807) is 7.11 Å². The lowest BCUT2D eigenvalue weighted by Gasteiger charge is -2.11. The zero-order chi connectivity index (χ0) is 7.82. The minimum Gasteiger partial charge on any atom is -0.353 e. The Kier molecular flexibility index (Phi) is 6.91. The number of hydrogen-bond donors (Lipinski definition) is 0. The summed E-state index contributed by atoms with van der Waals surface area (Å²) in [6, 6.07) is 0. The predicted molar refractivity (Wildman–Crippen MR) is 38.4 cm³/mol. The summed E-state index contributed by atoms with van der Waals surface area (Å²) in [5.41, 5.74) is 0. The SMILES string of the molecule is CCCOOC(CC)OC. The molecular weight excluding hydrogens is 132 g/mol. The van der Waals surface area contributed by atoms with Gasteiger partial charge in [-0.2, -0.15) is 0 Å². The van der Waals surface area contributed by atoms with Gasteiger partial charge in [-0.3, -0.25) is 0 Å². The maximum atomic E-state index is 4.90. The van der Waals surface area contributed by atoms with Crippen LogP contribution in [0.5, 0.6) is 0 Å². The summed E-state index contributed by atoms with van der Waals surface area (Å²) in [4.78, 5) is 9.66. The van der Waals surface area contributed by atoms with E-state index >= 15 is 0 Å². The maximum Gasteiger partial charge on any atom is 0.190 e. The summed E-state index contributed by atoms with van der Waals surface area (Å²) in [6.07, 6.45) is 1.55. The summed E-state index contributed by atoms with van der Waals surface area (Å²) in [5.74, 6) is 0. The van der Waals surface area contributed by atoms with Crippen LogP contribution in [-0.4, -0.2) is 20.0 Å². The van der Waals surface area contributed by atoms with E-state index in [9.17, 15) is 0 Å². The van der Waals surface area contributed by atoms with E-state index in [1.165, 1.54) is 0 Å². The second-order valence-corrected chi connectivity index (χ2v) is 1.99. The molecular formula is C7H16O3. The maximum absolute atomic E-state index is 4.90. The van der Waals surface area contributed by atoms with Gasteiger partial charge in [0.1, 0.15) is 0 Å². The van der Waals surface area contributed by atoms with Crippen molar-refractivity contribution in [3.05, 3.63) is 0 Å². The zero-order valence-corrected chi connectivity index (χ0v) is 6.92. The van der Waals surface area contributed by atoms with E-state index < -0.39 is 0 Å². The highest BCUT2D eigenvalue weighted by molar-refractivity contribution is 4.30. The van der Waals surface area contributed by atoms with E-state index in [0.29, 0.717) is 6.61 Å². The van der Waals surface area contributed by atoms with E-state index in [-0.39, 0.29) is 6.29 Å². The van der Waals surface area contributed by atoms with Gasteiger partial charge in [-0.15, -0.1) is 0 Å². The molecule has 0 aliphatic rings. The first kappa shape index (κ1) is 9.88. The largest absolute Gasteiger partial charge is 0.353 e. The molecule has 0 aromatic heterocycles. The normalized spacial score (nSPS) is 13.5. The Bertz CT molecular complexity index is 61.9. The van der Waals surface area contributed by atoms with Gasteiger partial charge in [-0.1, -0.05) is 13.8 Å². The van der Waals surface area contributed by atoms with Crippen LogP contribution in [0.4, 0.5) is 0 Å². The Morgan fingerprint density at radius 3 is 2.40 bits per heavy atom. The van der Waals surface area contributed by atoms with Crippen molar-refractivity contribution in [1.29, 1.82) is 0 Å². The Morgan fingerprint density at radius 1 is 1.30 bits per heavy atom. The van der Waals surface area contributed by atoms with Crippen LogP contribution in [0.25, 0.3) is 0 Å². The Morgan fingerprint density at radius 2 is 2.00 bits per heavy atom. The van der Waals surface area contributed by atoms with Gasteiger partial charge in [0.05, 0.1) is 6.61 Å². The van der Waals surface area contributed by atoms with Gasteiger partial charge in [0.15, 0.2) is 6.29 Å². The van der Waals surface area contributed by atoms with E-state index in [2.05, 4.69) is 0 Å². The fourth-order valence-corrected chi connectivity index (χ4v) is 0.481. The van der Waals surface area contributed by atoms with Crippen LogP contribution in [0.1, 0.15) is 26.7 Å². The first-order chi connectivity index (χ1) is 4.85. The van der Waals surface area contributed by atoms with Crippen LogP contribution in [0.3, 0.4) is 0 Å². The monoisotopic (exact) mass is 148 g/mol. The lowest BCUT2D eigenvalue weighted by atomic mass is 10.5. The number of rotatable bonds is 6. The molecule has 0 fully saturated rings. The molecule has 1 atom stereocenters.